The maximum Gasteiger partial charge on any atom is 0.257 e. The van der Waals surface area contributed by atoms with Crippen molar-refractivity contribution in [1.29, 1.82) is 0 Å². The minimum atomic E-state index is -0.138. The topological polar surface area (TPSA) is 64.3 Å². The van der Waals surface area contributed by atoms with Crippen molar-refractivity contribution in [3.05, 3.63) is 29.8 Å². The molecule has 0 radical (unpaired) electrons. The zero-order valence-corrected chi connectivity index (χ0v) is 9.84. The van der Waals surface area contributed by atoms with Crippen molar-refractivity contribution in [3.8, 4) is 5.75 Å². The van der Waals surface area contributed by atoms with Gasteiger partial charge in [-0.15, -0.1) is 0 Å². The molecule has 0 saturated carbocycles. The molecule has 4 nitrogen and oxygen atoms in total. The van der Waals surface area contributed by atoms with Crippen LogP contribution in [0.4, 0.5) is 0 Å². The predicted octanol–water partition coefficient (Wildman–Crippen LogP) is 0.836. The maximum atomic E-state index is 11.1. The van der Waals surface area contributed by atoms with E-state index in [1.807, 2.05) is 6.92 Å². The van der Waals surface area contributed by atoms with Crippen LogP contribution in [-0.4, -0.2) is 24.0 Å². The Morgan fingerprint density at radius 1 is 1.44 bits per heavy atom. The molecule has 1 amide bonds. The molecule has 0 atom stereocenters. The van der Waals surface area contributed by atoms with Crippen LogP contribution >= 0.6 is 12.2 Å². The van der Waals surface area contributed by atoms with E-state index in [0.717, 1.165) is 5.56 Å². The Bertz CT molecular complexity index is 376. The lowest BCUT2D eigenvalue weighted by atomic mass is 10.2. The molecule has 1 aromatic carbocycles. The van der Waals surface area contributed by atoms with Crippen LogP contribution in [0, 0.1) is 0 Å². The maximum absolute atomic E-state index is 11.1. The summed E-state index contributed by atoms with van der Waals surface area (Å²) in [5.74, 6) is 0.479. The first kappa shape index (κ1) is 12.4. The van der Waals surface area contributed by atoms with Crippen molar-refractivity contribution in [3.63, 3.8) is 0 Å². The minimum Gasteiger partial charge on any atom is -0.484 e. The third-order valence-corrected chi connectivity index (χ3v) is 2.12. The third-order valence-electron chi connectivity index (χ3n) is 1.88. The van der Waals surface area contributed by atoms with Gasteiger partial charge in [0.2, 0.25) is 0 Å². The van der Waals surface area contributed by atoms with Crippen molar-refractivity contribution in [2.45, 2.75) is 6.92 Å². The summed E-state index contributed by atoms with van der Waals surface area (Å²) >= 11 is 4.82. The number of hydrogen-bond donors (Lipinski definition) is 2. The van der Waals surface area contributed by atoms with Crippen molar-refractivity contribution >= 4 is 23.1 Å². The lowest BCUT2D eigenvalue weighted by Gasteiger charge is -2.06. The van der Waals surface area contributed by atoms with Gasteiger partial charge in [0, 0.05) is 12.1 Å². The number of likely N-dealkylation sites (N-methyl/N-ethyl adjacent to an activating group) is 1. The largest absolute Gasteiger partial charge is 0.484 e. The molecule has 16 heavy (non-hydrogen) atoms. The minimum absolute atomic E-state index is 0.0141. The summed E-state index contributed by atoms with van der Waals surface area (Å²) in [6.07, 6.45) is 0. The summed E-state index contributed by atoms with van der Waals surface area (Å²) in [5, 5.41) is 2.64. The molecule has 0 saturated heterocycles. The van der Waals surface area contributed by atoms with Gasteiger partial charge >= 0.3 is 0 Å². The van der Waals surface area contributed by atoms with Gasteiger partial charge in [0.15, 0.2) is 6.61 Å². The number of benzene rings is 1. The van der Waals surface area contributed by atoms with Gasteiger partial charge in [-0.1, -0.05) is 12.2 Å². The zero-order valence-electron chi connectivity index (χ0n) is 9.03. The number of ether oxygens (including phenoxy) is 1. The second-order valence-electron chi connectivity index (χ2n) is 3.13. The first-order valence-electron chi connectivity index (χ1n) is 4.93. The summed E-state index contributed by atoms with van der Waals surface area (Å²) in [4.78, 5) is 11.5. The van der Waals surface area contributed by atoms with E-state index in [1.54, 1.807) is 24.3 Å². The smallest absolute Gasteiger partial charge is 0.257 e. The van der Waals surface area contributed by atoms with Crippen LogP contribution in [0.15, 0.2) is 24.3 Å². The zero-order chi connectivity index (χ0) is 12.0. The van der Waals surface area contributed by atoms with E-state index in [4.69, 9.17) is 22.7 Å². The molecule has 3 N–H and O–H groups in total. The number of hydrogen-bond acceptors (Lipinski definition) is 3. The van der Waals surface area contributed by atoms with Gasteiger partial charge in [0.05, 0.1) is 0 Å². The van der Waals surface area contributed by atoms with E-state index < -0.39 is 0 Å². The van der Waals surface area contributed by atoms with Gasteiger partial charge in [-0.2, -0.15) is 0 Å². The molecule has 0 fully saturated rings. The van der Waals surface area contributed by atoms with Crippen molar-refractivity contribution in [2.24, 2.45) is 5.73 Å². The monoisotopic (exact) mass is 238 g/mol. The standard InChI is InChI=1S/C11H14N2O2S/c1-2-13-10(14)7-15-9-5-3-8(4-6-9)11(12)16/h3-6H,2,7H2,1H3,(H2,12,16)(H,13,14). The van der Waals surface area contributed by atoms with Gasteiger partial charge in [-0.05, 0) is 31.2 Å². The van der Waals surface area contributed by atoms with Crippen molar-refractivity contribution < 1.29 is 9.53 Å². The van der Waals surface area contributed by atoms with Crippen LogP contribution in [0.2, 0.25) is 0 Å². The highest BCUT2D eigenvalue weighted by Gasteiger charge is 2.01. The Morgan fingerprint density at radius 3 is 2.56 bits per heavy atom. The van der Waals surface area contributed by atoms with Crippen molar-refractivity contribution in [1.82, 2.24) is 5.32 Å². The molecule has 0 spiro atoms. The van der Waals surface area contributed by atoms with E-state index in [2.05, 4.69) is 5.32 Å². The molecule has 86 valence electrons. The first-order chi connectivity index (χ1) is 7.63. The summed E-state index contributed by atoms with van der Waals surface area (Å²) < 4.78 is 5.26. The van der Waals surface area contributed by atoms with Crippen LogP contribution in [0.25, 0.3) is 0 Å². The molecule has 0 heterocycles. The lowest BCUT2D eigenvalue weighted by Crippen LogP contribution is -2.28. The average molecular weight is 238 g/mol. The number of nitrogens with one attached hydrogen (secondary N) is 1. The molecule has 1 aromatic rings. The number of carbonyl (C=O) groups excluding carboxylic acids is 1. The second-order valence-corrected chi connectivity index (χ2v) is 3.57. The molecule has 0 aromatic heterocycles. The van der Waals surface area contributed by atoms with Gasteiger partial charge < -0.3 is 15.8 Å². The molecular weight excluding hydrogens is 224 g/mol. The number of rotatable bonds is 5. The van der Waals surface area contributed by atoms with Gasteiger partial charge in [0.25, 0.3) is 5.91 Å². The van der Waals surface area contributed by atoms with Crippen LogP contribution in [0.1, 0.15) is 12.5 Å². The molecule has 0 unspecified atom stereocenters. The lowest BCUT2D eigenvalue weighted by molar-refractivity contribution is -0.122. The summed E-state index contributed by atoms with van der Waals surface area (Å²) in [6, 6.07) is 6.98. The van der Waals surface area contributed by atoms with Crippen molar-refractivity contribution in [2.75, 3.05) is 13.2 Å². The van der Waals surface area contributed by atoms with E-state index in [-0.39, 0.29) is 12.5 Å². The van der Waals surface area contributed by atoms with Crippen LogP contribution in [0.5, 0.6) is 5.75 Å². The fourth-order valence-corrected chi connectivity index (χ4v) is 1.25. The number of nitrogens with two attached hydrogens (primary N) is 1. The fourth-order valence-electron chi connectivity index (χ4n) is 1.11. The third kappa shape index (κ3) is 3.86. The number of amides is 1. The van der Waals surface area contributed by atoms with E-state index in [9.17, 15) is 4.79 Å². The van der Waals surface area contributed by atoms with Crippen LogP contribution < -0.4 is 15.8 Å². The molecule has 0 bridgehead atoms. The summed E-state index contributed by atoms with van der Waals surface area (Å²) in [5.41, 5.74) is 6.23. The quantitative estimate of drug-likeness (QED) is 0.746. The Kier molecular flexibility index (Phi) is 4.72. The molecule has 1 rings (SSSR count). The summed E-state index contributed by atoms with van der Waals surface area (Å²) in [7, 11) is 0. The average Bonchev–Trinajstić information content (AvgIpc) is 2.27. The first-order valence-corrected chi connectivity index (χ1v) is 5.33. The highest BCUT2D eigenvalue weighted by Crippen LogP contribution is 2.11. The van der Waals surface area contributed by atoms with Gasteiger partial charge in [0.1, 0.15) is 10.7 Å². The van der Waals surface area contributed by atoms with E-state index >= 15 is 0 Å². The van der Waals surface area contributed by atoms with Crippen LogP contribution in [0.3, 0.4) is 0 Å². The van der Waals surface area contributed by atoms with Gasteiger partial charge in [-0.3, -0.25) is 4.79 Å². The molecular formula is C11H14N2O2S. The van der Waals surface area contributed by atoms with Crippen LogP contribution in [-0.2, 0) is 4.79 Å². The molecule has 0 aliphatic rings. The predicted molar refractivity (Wildman–Crippen MR) is 66.5 cm³/mol. The number of carbonyl (C=O) groups is 1. The Morgan fingerprint density at radius 2 is 2.06 bits per heavy atom. The molecule has 0 aliphatic carbocycles. The molecule has 0 aliphatic heterocycles. The Balaban J connectivity index is 2.49. The normalized spacial score (nSPS) is 9.56. The SMILES string of the molecule is CCNC(=O)COc1ccc(C(N)=S)cc1. The second kappa shape index (κ2) is 6.07. The number of thiocarbonyl (C=S) groups is 1. The summed E-state index contributed by atoms with van der Waals surface area (Å²) in [6.45, 7) is 2.47. The van der Waals surface area contributed by atoms with E-state index in [1.165, 1.54) is 0 Å². The Labute approximate surface area is 99.8 Å². The highest BCUT2D eigenvalue weighted by molar-refractivity contribution is 7.80. The Hall–Kier alpha value is -1.62. The van der Waals surface area contributed by atoms with E-state index in [0.29, 0.717) is 17.3 Å². The van der Waals surface area contributed by atoms with Gasteiger partial charge in [-0.25, -0.2) is 0 Å². The fraction of sp³-hybridized carbons (Fsp3) is 0.273. The highest BCUT2D eigenvalue weighted by atomic mass is 32.1. The molecule has 5 heteroatoms.